The van der Waals surface area contributed by atoms with Gasteiger partial charge in [-0.2, -0.15) is 0 Å². The van der Waals surface area contributed by atoms with Gasteiger partial charge >= 0.3 is 0 Å². The molecule has 0 aliphatic heterocycles. The van der Waals surface area contributed by atoms with E-state index in [4.69, 9.17) is 0 Å². The van der Waals surface area contributed by atoms with E-state index >= 15 is 0 Å². The topological polar surface area (TPSA) is 25.8 Å². The molecule has 0 saturated carbocycles. The van der Waals surface area contributed by atoms with Crippen LogP contribution >= 0.6 is 0 Å². The van der Waals surface area contributed by atoms with Gasteiger partial charge in [-0.1, -0.05) is 256 Å². The maximum atomic E-state index is 2.68. The van der Waals surface area contributed by atoms with Crippen molar-refractivity contribution in [2.24, 2.45) is 0 Å². The highest BCUT2D eigenvalue weighted by atomic mass is 15.2. The summed E-state index contributed by atoms with van der Waals surface area (Å²) in [6.45, 7) is 19.2. The van der Waals surface area contributed by atoms with Crippen molar-refractivity contribution >= 4 is 213 Å². The summed E-state index contributed by atoms with van der Waals surface area (Å²) in [5.41, 5.74) is 29.1. The van der Waals surface area contributed by atoms with E-state index in [-0.39, 0.29) is 16.2 Å². The molecule has 0 saturated heterocycles. The van der Waals surface area contributed by atoms with Gasteiger partial charge in [0, 0.05) is 130 Å². The highest BCUT2D eigenvalue weighted by molar-refractivity contribution is 6.34. The van der Waals surface area contributed by atoms with Gasteiger partial charge in [-0.3, -0.25) is 0 Å². The van der Waals surface area contributed by atoms with Crippen LogP contribution in [0.1, 0.15) is 77.6 Å². The van der Waals surface area contributed by atoms with Gasteiger partial charge in [-0.25, -0.2) is 0 Å². The number of nitrogens with zero attached hydrogens (tertiary/aromatic N) is 6. The summed E-state index contributed by atoms with van der Waals surface area (Å²) in [5.74, 6) is 0. The van der Waals surface area contributed by atoms with E-state index in [1.807, 2.05) is 0 Å². The molecule has 6 heteroatoms. The van der Waals surface area contributed by atoms with Crippen molar-refractivity contribution in [3.63, 3.8) is 0 Å². The predicted molar refractivity (Wildman–Crippen MR) is 495 cm³/mol. The fourth-order valence-corrected chi connectivity index (χ4v) is 21.7. The molecule has 26 aromatic rings. The maximum absolute atomic E-state index is 2.68. The molecule has 9 heterocycles. The fourth-order valence-electron chi connectivity index (χ4n) is 21.7. The van der Waals surface area contributed by atoms with Crippen LogP contribution in [0.25, 0.3) is 213 Å². The lowest BCUT2D eigenvalue weighted by molar-refractivity contribution is 0.524. The van der Waals surface area contributed by atoms with Crippen LogP contribution in [0.2, 0.25) is 0 Å². The van der Waals surface area contributed by atoms with Gasteiger partial charge < -0.3 is 27.1 Å². The normalized spacial score (nSPS) is 13.2. The number of hydrogen-bond acceptors (Lipinski definition) is 1. The van der Waals surface area contributed by atoms with Crippen LogP contribution < -0.4 is 4.90 Å². The first-order valence-corrected chi connectivity index (χ1v) is 41.2. The molecule has 17 aromatic carbocycles. The minimum Gasteiger partial charge on any atom is -0.309 e. The molecular formula is C110H78N6. The summed E-state index contributed by atoms with van der Waals surface area (Å²) in [5, 5.41) is 28.1. The van der Waals surface area contributed by atoms with E-state index < -0.39 is 0 Å². The number of para-hydroxylation sites is 6. The molecule has 26 rings (SSSR count). The van der Waals surface area contributed by atoms with Gasteiger partial charge in [0.2, 0.25) is 0 Å². The lowest BCUT2D eigenvalue weighted by atomic mass is 9.78. The Hall–Kier alpha value is -13.9. The Balaban J connectivity index is 0.679. The minimum absolute atomic E-state index is 0.0832. The first kappa shape index (κ1) is 64.6. The van der Waals surface area contributed by atoms with E-state index in [0.717, 1.165) is 29.2 Å². The molecule has 0 radical (unpaired) electrons. The summed E-state index contributed by atoms with van der Waals surface area (Å²) >= 11 is 0. The van der Waals surface area contributed by atoms with E-state index in [1.54, 1.807) is 0 Å². The number of rotatable bonds is 8. The summed E-state index contributed by atoms with van der Waals surface area (Å²) < 4.78 is 13.0. The highest BCUT2D eigenvalue weighted by Crippen LogP contribution is 2.54. The van der Waals surface area contributed by atoms with Crippen LogP contribution in [0, 0.1) is 0 Å². The van der Waals surface area contributed by atoms with Gasteiger partial charge in [-0.05, 0) is 177 Å². The molecule has 0 atom stereocenters. The number of aromatic nitrogens is 5. The van der Waals surface area contributed by atoms with E-state index in [1.165, 1.54) is 229 Å². The second-order valence-electron chi connectivity index (χ2n) is 36.1. The van der Waals surface area contributed by atoms with Crippen molar-refractivity contribution in [3.05, 3.63) is 338 Å². The molecule has 6 nitrogen and oxygen atoms in total. The Morgan fingerprint density at radius 3 is 1.17 bits per heavy atom. The summed E-state index contributed by atoms with van der Waals surface area (Å²) in [6, 6.07) is 121. The SMILES string of the molecule is CC(C)(C)c1cc(N(c2ccccc2)c2ccccc2)c2c(c1)c1cc(C(C)(C)Cc3ccc4c5cc(-c6cccc7c8cccc9c%10cc%11c(cc%10n(c67)c98)c6cccc7c8ccc9ccccc9c8n%11c67)ccc5n(-c5ccccc5)c4c3)cc3c4cc5c(cc4n2c31)c1cc(C(C)(C)C)cc2c3ccc4ccccc4c3n5c12. The lowest BCUT2D eigenvalue weighted by Crippen LogP contribution is -2.20. The van der Waals surface area contributed by atoms with E-state index in [2.05, 4.69) is 398 Å². The fraction of sp³-hybridized carbons (Fsp3) is 0.109. The third-order valence-electron chi connectivity index (χ3n) is 27.1. The second kappa shape index (κ2) is 22.3. The number of anilines is 3. The largest absolute Gasteiger partial charge is 0.309 e. The lowest BCUT2D eigenvalue weighted by Gasteiger charge is -2.29. The number of hydrogen-bond donors (Lipinski definition) is 0. The smallest absolute Gasteiger partial charge is 0.0783 e. The van der Waals surface area contributed by atoms with Gasteiger partial charge in [-0.15, -0.1) is 0 Å². The van der Waals surface area contributed by atoms with Crippen molar-refractivity contribution in [1.29, 1.82) is 0 Å². The zero-order valence-electron chi connectivity index (χ0n) is 65.9. The van der Waals surface area contributed by atoms with Gasteiger partial charge in [0.15, 0.2) is 0 Å². The second-order valence-corrected chi connectivity index (χ2v) is 36.1. The molecule has 116 heavy (non-hydrogen) atoms. The quantitative estimate of drug-likeness (QED) is 0.149. The molecule has 0 spiro atoms. The Kier molecular flexibility index (Phi) is 12.4. The van der Waals surface area contributed by atoms with Gasteiger partial charge in [0.1, 0.15) is 0 Å². The average molecular weight is 1480 g/mol. The summed E-state index contributed by atoms with van der Waals surface area (Å²) in [7, 11) is 0. The molecule has 9 aromatic heterocycles. The van der Waals surface area contributed by atoms with Crippen LogP contribution in [-0.2, 0) is 22.7 Å². The summed E-state index contributed by atoms with van der Waals surface area (Å²) in [6.07, 6.45) is 0.805. The van der Waals surface area contributed by atoms with Crippen LogP contribution in [0.5, 0.6) is 0 Å². The molecule has 0 unspecified atom stereocenters. The Bertz CT molecular complexity index is 8730. The molecule has 0 aliphatic rings. The third kappa shape index (κ3) is 8.44. The predicted octanol–water partition coefficient (Wildman–Crippen LogP) is 29.9. The van der Waals surface area contributed by atoms with Crippen molar-refractivity contribution in [3.8, 4) is 16.8 Å². The van der Waals surface area contributed by atoms with Crippen molar-refractivity contribution < 1.29 is 0 Å². The third-order valence-corrected chi connectivity index (χ3v) is 27.1. The van der Waals surface area contributed by atoms with Crippen molar-refractivity contribution in [2.45, 2.75) is 78.1 Å². The minimum atomic E-state index is -0.351. The molecule has 0 fully saturated rings. The molecule has 0 aliphatic carbocycles. The molecule has 0 amide bonds. The molecule has 548 valence electrons. The van der Waals surface area contributed by atoms with E-state index in [9.17, 15) is 0 Å². The van der Waals surface area contributed by atoms with Crippen LogP contribution in [-0.4, -0.2) is 22.2 Å². The van der Waals surface area contributed by atoms with E-state index in [0.29, 0.717) is 0 Å². The van der Waals surface area contributed by atoms with Gasteiger partial charge in [0.05, 0.1) is 82.9 Å². The maximum Gasteiger partial charge on any atom is 0.0783 e. The monoisotopic (exact) mass is 1480 g/mol. The zero-order chi connectivity index (χ0) is 77.0. The number of fused-ring (bicyclic) bond motifs is 31. The molecular weight excluding hydrogens is 1410 g/mol. The zero-order valence-corrected chi connectivity index (χ0v) is 65.9. The van der Waals surface area contributed by atoms with Crippen LogP contribution in [0.3, 0.4) is 0 Å². The highest BCUT2D eigenvalue weighted by Gasteiger charge is 2.34. The van der Waals surface area contributed by atoms with Gasteiger partial charge in [0.25, 0.3) is 0 Å². The van der Waals surface area contributed by atoms with Crippen LogP contribution in [0.4, 0.5) is 17.1 Å². The standard InChI is InChI=1S/C110H78N6/c1-108(2,3)66-51-88-82-47-43-64-26-19-21-34-73(64)101(82)115-97-59-87-90-54-68(55-91-92-53-67(109(4,5)6)56-99(111(69-27-12-9-13-28-69)70-29-14-10-15-30-70)107(92)116(106(90)91)98(87)60-86(97)89(52-66)105(88)115)110(7,8)61-62-41-45-75-83-50-65(44-48-93(83)112(94(75)49-62)71-31-16-11-17-32-71)74-35-22-36-76-77-37-23-39-79-84-57-95-85(58-96(84)114(102(74)76)103(77)79)80-40-24-38-78-81-46-42-63-25-18-20-33-72(63)100(81)113(95)104(78)80/h9-60H,61H2,1-8H3. The van der Waals surface area contributed by atoms with Crippen LogP contribution in [0.15, 0.2) is 315 Å². The first-order valence-electron chi connectivity index (χ1n) is 41.2. The first-order chi connectivity index (χ1) is 56.6. The summed E-state index contributed by atoms with van der Waals surface area (Å²) in [4.78, 5) is 2.51. The Morgan fingerprint density at radius 2 is 0.621 bits per heavy atom. The average Bonchev–Trinajstić information content (AvgIpc) is 1.51. The Morgan fingerprint density at radius 1 is 0.241 bits per heavy atom. The van der Waals surface area contributed by atoms with Crippen molar-refractivity contribution in [2.75, 3.05) is 4.90 Å². The molecule has 0 N–H and O–H groups in total. The number of benzene rings is 17. The Labute approximate surface area is 668 Å². The van der Waals surface area contributed by atoms with Crippen molar-refractivity contribution in [1.82, 2.24) is 22.2 Å². The molecule has 0 bridgehead atoms.